The van der Waals surface area contributed by atoms with Crippen molar-refractivity contribution in [3.05, 3.63) is 48.0 Å². The van der Waals surface area contributed by atoms with Gasteiger partial charge in [0, 0.05) is 0 Å². The van der Waals surface area contributed by atoms with Crippen LogP contribution in [0.4, 0.5) is 4.79 Å². The van der Waals surface area contributed by atoms with Crippen LogP contribution in [0.2, 0.25) is 0 Å². The van der Waals surface area contributed by atoms with Crippen LogP contribution in [0.25, 0.3) is 10.8 Å². The fourth-order valence-electron chi connectivity index (χ4n) is 5.21. The number of carbonyl (C=O) groups excluding carboxylic acids is 3. The van der Waals surface area contributed by atoms with Crippen molar-refractivity contribution >= 4 is 28.7 Å². The van der Waals surface area contributed by atoms with Crippen LogP contribution in [0.3, 0.4) is 0 Å². The van der Waals surface area contributed by atoms with Gasteiger partial charge in [0.05, 0.1) is 18.2 Å². The van der Waals surface area contributed by atoms with Gasteiger partial charge in [-0.05, 0) is 67.7 Å². The Morgan fingerprint density at radius 2 is 1.50 bits per heavy atom. The molecule has 9 nitrogen and oxygen atoms in total. The van der Waals surface area contributed by atoms with Crippen molar-refractivity contribution in [2.75, 3.05) is 0 Å². The second kappa shape index (κ2) is 16.3. The van der Waals surface area contributed by atoms with Crippen molar-refractivity contribution < 1.29 is 29.3 Å². The Morgan fingerprint density at radius 1 is 0.909 bits per heavy atom. The average molecular weight is 614 g/mol. The lowest BCUT2D eigenvalue weighted by Crippen LogP contribution is -2.64. The molecule has 0 aromatic heterocycles. The summed E-state index contributed by atoms with van der Waals surface area (Å²) in [5.74, 6) is -1.97. The summed E-state index contributed by atoms with van der Waals surface area (Å²) < 4.78 is 5.46. The number of aliphatic hydroxyl groups is 2. The third kappa shape index (κ3) is 10.3. The van der Waals surface area contributed by atoms with E-state index < -0.39 is 53.8 Å². The van der Waals surface area contributed by atoms with Crippen molar-refractivity contribution in [3.8, 4) is 0 Å². The predicted molar refractivity (Wildman–Crippen MR) is 175 cm³/mol. The van der Waals surface area contributed by atoms with Crippen molar-refractivity contribution in [2.24, 2.45) is 23.5 Å². The van der Waals surface area contributed by atoms with E-state index in [-0.39, 0.29) is 30.6 Å². The Kier molecular flexibility index (Phi) is 13.8. The summed E-state index contributed by atoms with van der Waals surface area (Å²) in [6.45, 7) is 16.4. The summed E-state index contributed by atoms with van der Waals surface area (Å²) in [6.07, 6.45) is -2.04. The first-order valence-electron chi connectivity index (χ1n) is 16.0. The van der Waals surface area contributed by atoms with Gasteiger partial charge < -0.3 is 26.0 Å². The number of hydrogen-bond acceptors (Lipinski definition) is 7. The van der Waals surface area contributed by atoms with Gasteiger partial charge in [-0.3, -0.25) is 14.5 Å². The van der Waals surface area contributed by atoms with E-state index in [1.807, 2.05) is 77.1 Å². The molecule has 0 aliphatic heterocycles. The van der Waals surface area contributed by atoms with Crippen LogP contribution in [0.5, 0.6) is 0 Å². The number of nitrogens with one attached hydrogen (secondary N) is 1. The van der Waals surface area contributed by atoms with Gasteiger partial charge in [-0.25, -0.2) is 4.79 Å². The Balaban J connectivity index is 2.72. The van der Waals surface area contributed by atoms with E-state index >= 15 is 0 Å². The third-order valence-corrected chi connectivity index (χ3v) is 8.26. The molecule has 2 rings (SSSR count). The second-order valence-electron chi connectivity index (χ2n) is 13.6. The average Bonchev–Trinajstić information content (AvgIpc) is 2.96. The molecule has 0 spiro atoms. The van der Waals surface area contributed by atoms with E-state index in [0.29, 0.717) is 12.8 Å². The van der Waals surface area contributed by atoms with Crippen LogP contribution < -0.4 is 11.1 Å². The van der Waals surface area contributed by atoms with Crippen LogP contribution in [0.15, 0.2) is 42.5 Å². The molecular formula is C35H55N3O6. The molecule has 5 N–H and O–H groups in total. The molecule has 0 aliphatic rings. The number of carbonyl (C=O) groups is 3. The summed E-state index contributed by atoms with van der Waals surface area (Å²) in [5, 5.41) is 27.6. The van der Waals surface area contributed by atoms with Gasteiger partial charge in [0.15, 0.2) is 0 Å². The fraction of sp³-hybridized carbons (Fsp3) is 0.629. The van der Waals surface area contributed by atoms with Crippen molar-refractivity contribution in [1.82, 2.24) is 10.2 Å². The van der Waals surface area contributed by atoms with E-state index in [1.165, 1.54) is 0 Å². The van der Waals surface area contributed by atoms with Crippen LogP contribution in [0, 0.1) is 17.8 Å². The van der Waals surface area contributed by atoms with Crippen LogP contribution >= 0.6 is 0 Å². The molecule has 44 heavy (non-hydrogen) atoms. The molecule has 0 heterocycles. The van der Waals surface area contributed by atoms with Crippen LogP contribution in [-0.2, 0) is 20.7 Å². The molecule has 7 atom stereocenters. The van der Waals surface area contributed by atoms with Crippen molar-refractivity contribution in [3.63, 3.8) is 0 Å². The zero-order valence-corrected chi connectivity index (χ0v) is 28.0. The highest BCUT2D eigenvalue weighted by molar-refractivity contribution is 6.01. The lowest BCUT2D eigenvalue weighted by atomic mass is 9.88. The molecule has 0 aliphatic carbocycles. The maximum absolute atomic E-state index is 14.6. The first-order chi connectivity index (χ1) is 20.5. The maximum atomic E-state index is 14.6. The normalized spacial score (nSPS) is 16.8. The summed E-state index contributed by atoms with van der Waals surface area (Å²) >= 11 is 0. The molecule has 0 saturated heterocycles. The Labute approximate surface area is 263 Å². The van der Waals surface area contributed by atoms with E-state index in [9.17, 15) is 24.6 Å². The smallest absolute Gasteiger partial charge is 0.408 e. The molecule has 0 bridgehead atoms. The minimum Gasteiger partial charge on any atom is -0.444 e. The molecular weight excluding hydrogens is 558 g/mol. The highest BCUT2D eigenvalue weighted by Crippen LogP contribution is 2.26. The van der Waals surface area contributed by atoms with E-state index in [0.717, 1.165) is 21.2 Å². The third-order valence-electron chi connectivity index (χ3n) is 8.26. The molecule has 0 radical (unpaired) electrons. The molecule has 0 saturated carbocycles. The highest BCUT2D eigenvalue weighted by atomic mass is 16.6. The minimum absolute atomic E-state index is 0.0462. The molecule has 0 unspecified atom stereocenters. The van der Waals surface area contributed by atoms with Gasteiger partial charge in [0.1, 0.15) is 17.7 Å². The maximum Gasteiger partial charge on any atom is 0.408 e. The molecule has 3 amide bonds. The summed E-state index contributed by atoms with van der Waals surface area (Å²) in [7, 11) is 0. The number of nitrogens with two attached hydrogens (primary N) is 1. The predicted octanol–water partition coefficient (Wildman–Crippen LogP) is 5.19. The molecule has 2 aromatic carbocycles. The molecule has 0 fully saturated rings. The first-order valence-corrected chi connectivity index (χ1v) is 16.0. The highest BCUT2D eigenvalue weighted by Gasteiger charge is 2.44. The summed E-state index contributed by atoms with van der Waals surface area (Å²) in [4.78, 5) is 42.8. The number of rotatable bonds is 14. The standard InChI is InChI=1S/C35H55N3O6/c1-10-22(5)29(36)32(41)38(33(42)30(23(6)11-2)37-34(43)44-35(7,8)9)27(31(40)28(39)18-21(3)4)20-24-16-17-25-14-12-13-15-26(25)19-24/h12-17,19,21-23,27-31,39-40H,10-11,18,20,36H2,1-9H3,(H,37,43)/t22-,23-,27-,28-,29-,30-,31+/m0/s1. The van der Waals surface area contributed by atoms with Crippen LogP contribution in [0.1, 0.15) is 87.1 Å². The van der Waals surface area contributed by atoms with Gasteiger partial charge in [-0.15, -0.1) is 0 Å². The fourth-order valence-corrected chi connectivity index (χ4v) is 5.21. The summed E-state index contributed by atoms with van der Waals surface area (Å²) in [5.41, 5.74) is 6.43. The lowest BCUT2D eigenvalue weighted by molar-refractivity contribution is -0.157. The Hall–Kier alpha value is -3.01. The van der Waals surface area contributed by atoms with Crippen LogP contribution in [-0.4, -0.2) is 69.0 Å². The Morgan fingerprint density at radius 3 is 2.05 bits per heavy atom. The SMILES string of the molecule is CC[C@H](C)[C@H](N)C(=O)N(C(=O)[C@@H](NC(=O)OC(C)(C)C)[C@@H](C)CC)[C@@H](Cc1ccc2ccccc2c1)[C@@H](O)[C@@H](O)CC(C)C. The van der Waals surface area contributed by atoms with Gasteiger partial charge in [-0.2, -0.15) is 0 Å². The number of ether oxygens (including phenoxy) is 1. The quantitative estimate of drug-likeness (QED) is 0.230. The summed E-state index contributed by atoms with van der Waals surface area (Å²) in [6, 6.07) is 10.3. The zero-order valence-electron chi connectivity index (χ0n) is 28.0. The monoisotopic (exact) mass is 613 g/mol. The van der Waals surface area contributed by atoms with Gasteiger partial charge in [0.25, 0.3) is 5.91 Å². The lowest BCUT2D eigenvalue weighted by Gasteiger charge is -2.40. The zero-order chi connectivity index (χ0) is 33.4. The number of hydrogen-bond donors (Lipinski definition) is 4. The second-order valence-corrected chi connectivity index (χ2v) is 13.6. The van der Waals surface area contributed by atoms with Gasteiger partial charge in [-0.1, -0.05) is 96.8 Å². The Bertz CT molecular complexity index is 1240. The number of alkyl carbamates (subject to hydrolysis) is 1. The number of benzene rings is 2. The number of imide groups is 1. The molecule has 246 valence electrons. The molecule has 9 heteroatoms. The first kappa shape index (κ1) is 37.2. The number of nitrogens with zero attached hydrogens (tertiary/aromatic N) is 1. The topological polar surface area (TPSA) is 142 Å². The van der Waals surface area contributed by atoms with Gasteiger partial charge >= 0.3 is 6.09 Å². The van der Waals surface area contributed by atoms with E-state index in [1.54, 1.807) is 27.7 Å². The van der Waals surface area contributed by atoms with Gasteiger partial charge in [0.2, 0.25) is 5.91 Å². The van der Waals surface area contributed by atoms with E-state index in [4.69, 9.17) is 10.5 Å². The van der Waals surface area contributed by atoms with Crippen molar-refractivity contribution in [1.29, 1.82) is 0 Å². The molecule has 2 aromatic rings. The number of aliphatic hydroxyl groups excluding tert-OH is 2. The van der Waals surface area contributed by atoms with E-state index in [2.05, 4.69) is 5.32 Å². The van der Waals surface area contributed by atoms with Crippen molar-refractivity contribution in [2.45, 2.75) is 124 Å². The number of amides is 3. The number of fused-ring (bicyclic) bond motifs is 1. The minimum atomic E-state index is -1.47. The largest absolute Gasteiger partial charge is 0.444 e.